The zero-order valence-corrected chi connectivity index (χ0v) is 9.68. The van der Waals surface area contributed by atoms with Gasteiger partial charge < -0.3 is 19.3 Å². The molecule has 2 fully saturated rings. The van der Waals surface area contributed by atoms with Gasteiger partial charge in [0.15, 0.2) is 12.1 Å². The summed E-state index contributed by atoms with van der Waals surface area (Å²) >= 11 is 0. The highest BCUT2D eigenvalue weighted by molar-refractivity contribution is 4.92. The molecule has 7 heteroatoms. The van der Waals surface area contributed by atoms with E-state index in [2.05, 4.69) is 10.3 Å². The Balaban J connectivity index is 1.68. The molecule has 2 aliphatic rings. The maximum absolute atomic E-state index is 10.1. The Morgan fingerprint density at radius 2 is 2.24 bits per heavy atom. The first kappa shape index (κ1) is 11.1. The molecular weight excluding hydrogens is 226 g/mol. The van der Waals surface area contributed by atoms with Gasteiger partial charge in [0, 0.05) is 6.20 Å². The number of aliphatic hydroxyl groups excluding tert-OH is 1. The van der Waals surface area contributed by atoms with Crippen LogP contribution in [0.4, 0.5) is 0 Å². The Bertz CT molecular complexity index is 394. The Hall–Kier alpha value is -1.02. The number of fused-ring (bicyclic) bond motifs is 1. The van der Waals surface area contributed by atoms with Gasteiger partial charge in [-0.25, -0.2) is 4.68 Å². The summed E-state index contributed by atoms with van der Waals surface area (Å²) in [5.74, 6) is -0.700. The van der Waals surface area contributed by atoms with Gasteiger partial charge in [-0.3, -0.25) is 0 Å². The number of hydrogen-bond donors (Lipinski definition) is 1. The number of aromatic nitrogens is 3. The van der Waals surface area contributed by atoms with Crippen LogP contribution in [0.15, 0.2) is 12.4 Å². The van der Waals surface area contributed by atoms with E-state index in [9.17, 15) is 5.11 Å². The minimum absolute atomic E-state index is 0.386. The highest BCUT2D eigenvalue weighted by atomic mass is 16.8. The summed E-state index contributed by atoms with van der Waals surface area (Å²) in [5.41, 5.74) is 0. The molecule has 0 spiro atoms. The first-order valence-corrected chi connectivity index (χ1v) is 5.58. The van der Waals surface area contributed by atoms with Crippen LogP contribution in [0.5, 0.6) is 0 Å². The number of aliphatic hydroxyl groups is 1. The summed E-state index contributed by atoms with van der Waals surface area (Å²) in [4.78, 5) is 0. The third kappa shape index (κ3) is 1.95. The summed E-state index contributed by atoms with van der Waals surface area (Å²) in [6.45, 7) is 4.03. The van der Waals surface area contributed by atoms with E-state index < -0.39 is 24.3 Å². The van der Waals surface area contributed by atoms with E-state index in [1.807, 2.05) is 0 Å². The van der Waals surface area contributed by atoms with Gasteiger partial charge in [0.25, 0.3) is 0 Å². The SMILES string of the molecule is CC1(C)O[C@H]2O[C@H](Cn3ccnn3)[C@H](O)[C@H]2O1. The third-order valence-corrected chi connectivity index (χ3v) is 2.95. The van der Waals surface area contributed by atoms with Crippen molar-refractivity contribution < 1.29 is 19.3 Å². The summed E-state index contributed by atoms with van der Waals surface area (Å²) in [6.07, 6.45) is 1.26. The van der Waals surface area contributed by atoms with Gasteiger partial charge in [0.2, 0.25) is 0 Å². The van der Waals surface area contributed by atoms with Gasteiger partial charge >= 0.3 is 0 Å². The second-order valence-electron chi connectivity index (χ2n) is 4.76. The van der Waals surface area contributed by atoms with Crippen LogP contribution in [-0.4, -0.2) is 50.5 Å². The lowest BCUT2D eigenvalue weighted by atomic mass is 10.1. The highest BCUT2D eigenvalue weighted by Crippen LogP contribution is 2.37. The van der Waals surface area contributed by atoms with Crippen molar-refractivity contribution in [2.24, 2.45) is 0 Å². The molecule has 2 saturated heterocycles. The van der Waals surface area contributed by atoms with E-state index in [-0.39, 0.29) is 6.10 Å². The molecule has 1 N–H and O–H groups in total. The molecule has 3 rings (SSSR count). The van der Waals surface area contributed by atoms with Crippen LogP contribution in [0.2, 0.25) is 0 Å². The smallest absolute Gasteiger partial charge is 0.190 e. The monoisotopic (exact) mass is 241 g/mol. The fraction of sp³-hybridized carbons (Fsp3) is 0.800. The first-order valence-electron chi connectivity index (χ1n) is 5.58. The average Bonchev–Trinajstić information content (AvgIpc) is 2.89. The van der Waals surface area contributed by atoms with Crippen molar-refractivity contribution in [3.05, 3.63) is 12.4 Å². The van der Waals surface area contributed by atoms with Gasteiger partial charge in [0.1, 0.15) is 18.3 Å². The molecule has 0 bridgehead atoms. The van der Waals surface area contributed by atoms with Gasteiger partial charge in [-0.1, -0.05) is 5.21 Å². The zero-order chi connectivity index (χ0) is 12.0. The van der Waals surface area contributed by atoms with E-state index in [0.29, 0.717) is 6.54 Å². The number of nitrogens with zero attached hydrogens (tertiary/aromatic N) is 3. The summed E-state index contributed by atoms with van der Waals surface area (Å²) < 4.78 is 18.4. The number of rotatable bonds is 2. The minimum atomic E-state index is -0.717. The highest BCUT2D eigenvalue weighted by Gasteiger charge is 2.54. The van der Waals surface area contributed by atoms with Crippen LogP contribution >= 0.6 is 0 Å². The van der Waals surface area contributed by atoms with E-state index in [1.165, 1.54) is 0 Å². The molecular formula is C10H15N3O4. The number of hydrogen-bond acceptors (Lipinski definition) is 6. The molecule has 94 valence electrons. The standard InChI is InChI=1S/C10H15N3O4/c1-10(2)16-8-7(14)6(15-9(8)17-10)5-13-4-3-11-12-13/h3-4,6-9,14H,5H2,1-2H3/t6-,7+,8-,9-/m1/s1. The predicted molar refractivity (Wildman–Crippen MR) is 54.7 cm³/mol. The van der Waals surface area contributed by atoms with Crippen molar-refractivity contribution in [2.45, 2.75) is 50.8 Å². The topological polar surface area (TPSA) is 78.6 Å². The lowest BCUT2D eigenvalue weighted by molar-refractivity contribution is -0.216. The minimum Gasteiger partial charge on any atom is -0.387 e. The zero-order valence-electron chi connectivity index (χ0n) is 9.68. The van der Waals surface area contributed by atoms with E-state index in [1.54, 1.807) is 30.9 Å². The Morgan fingerprint density at radius 3 is 2.88 bits per heavy atom. The Morgan fingerprint density at radius 1 is 1.41 bits per heavy atom. The fourth-order valence-corrected chi connectivity index (χ4v) is 2.22. The second-order valence-corrected chi connectivity index (χ2v) is 4.76. The van der Waals surface area contributed by atoms with Crippen LogP contribution in [0.25, 0.3) is 0 Å². The van der Waals surface area contributed by atoms with Crippen molar-refractivity contribution in [2.75, 3.05) is 0 Å². The van der Waals surface area contributed by atoms with Crippen LogP contribution in [-0.2, 0) is 20.8 Å². The molecule has 0 aliphatic carbocycles. The molecule has 7 nitrogen and oxygen atoms in total. The molecule has 1 aromatic heterocycles. The fourth-order valence-electron chi connectivity index (χ4n) is 2.22. The Labute approximate surface area is 98.3 Å². The van der Waals surface area contributed by atoms with Crippen LogP contribution in [0.3, 0.4) is 0 Å². The van der Waals surface area contributed by atoms with Gasteiger partial charge in [-0.05, 0) is 13.8 Å². The van der Waals surface area contributed by atoms with Gasteiger partial charge in [-0.2, -0.15) is 0 Å². The summed E-state index contributed by atoms with van der Waals surface area (Å²) in [7, 11) is 0. The second kappa shape index (κ2) is 3.74. The van der Waals surface area contributed by atoms with Crippen molar-refractivity contribution >= 4 is 0 Å². The lowest BCUT2D eigenvalue weighted by Crippen LogP contribution is -2.36. The average molecular weight is 241 g/mol. The lowest BCUT2D eigenvalue weighted by Gasteiger charge is -2.22. The molecule has 3 heterocycles. The van der Waals surface area contributed by atoms with Crippen molar-refractivity contribution in [1.82, 2.24) is 15.0 Å². The largest absolute Gasteiger partial charge is 0.387 e. The third-order valence-electron chi connectivity index (χ3n) is 2.95. The van der Waals surface area contributed by atoms with E-state index in [4.69, 9.17) is 14.2 Å². The van der Waals surface area contributed by atoms with Gasteiger partial charge in [0.05, 0.1) is 12.7 Å². The molecule has 0 amide bonds. The predicted octanol–water partition coefficient (Wildman–Crippen LogP) is -0.485. The summed E-state index contributed by atoms with van der Waals surface area (Å²) in [5, 5.41) is 17.6. The maximum Gasteiger partial charge on any atom is 0.190 e. The molecule has 1 aromatic rings. The molecule has 4 atom stereocenters. The molecule has 0 unspecified atom stereocenters. The van der Waals surface area contributed by atoms with Crippen LogP contribution < -0.4 is 0 Å². The van der Waals surface area contributed by atoms with Crippen molar-refractivity contribution in [1.29, 1.82) is 0 Å². The molecule has 0 radical (unpaired) electrons. The van der Waals surface area contributed by atoms with Crippen LogP contribution in [0, 0.1) is 0 Å². The van der Waals surface area contributed by atoms with Gasteiger partial charge in [-0.15, -0.1) is 5.10 Å². The van der Waals surface area contributed by atoms with Crippen LogP contribution in [0.1, 0.15) is 13.8 Å². The van der Waals surface area contributed by atoms with E-state index in [0.717, 1.165) is 0 Å². The normalized spacial score (nSPS) is 39.5. The molecule has 2 aliphatic heterocycles. The molecule has 17 heavy (non-hydrogen) atoms. The maximum atomic E-state index is 10.1. The quantitative estimate of drug-likeness (QED) is 0.753. The molecule has 0 saturated carbocycles. The molecule has 0 aromatic carbocycles. The Kier molecular flexibility index (Phi) is 2.44. The van der Waals surface area contributed by atoms with Crippen molar-refractivity contribution in [3.8, 4) is 0 Å². The van der Waals surface area contributed by atoms with E-state index >= 15 is 0 Å². The number of ether oxygens (including phenoxy) is 3. The van der Waals surface area contributed by atoms with Crippen molar-refractivity contribution in [3.63, 3.8) is 0 Å². The first-order chi connectivity index (χ1) is 8.05. The summed E-state index contributed by atoms with van der Waals surface area (Å²) in [6, 6.07) is 0.